The fourth-order valence-electron chi connectivity index (χ4n) is 3.29. The van der Waals surface area contributed by atoms with Crippen LogP contribution in [0.2, 0.25) is 0 Å². The lowest BCUT2D eigenvalue weighted by molar-refractivity contribution is 0.295. The Labute approximate surface area is 124 Å². The van der Waals surface area contributed by atoms with E-state index in [1.807, 2.05) is 6.07 Å². The fraction of sp³-hybridized carbons (Fsp3) is 0.222. The van der Waals surface area contributed by atoms with Crippen LogP contribution in [0.15, 0.2) is 54.7 Å². The van der Waals surface area contributed by atoms with E-state index in [1.54, 1.807) is 6.20 Å². The maximum atomic E-state index is 4.17. The molecule has 0 amide bonds. The van der Waals surface area contributed by atoms with Crippen molar-refractivity contribution in [2.24, 2.45) is 0 Å². The van der Waals surface area contributed by atoms with Crippen molar-refractivity contribution >= 4 is 10.9 Å². The molecule has 0 radical (unpaired) electrons. The van der Waals surface area contributed by atoms with Gasteiger partial charge in [-0.05, 0) is 41.9 Å². The fourth-order valence-corrected chi connectivity index (χ4v) is 3.29. The minimum Gasteiger partial charge on any atom is -0.301 e. The molecular formula is C18H17N3. The standard InChI is InChI=1S/C18H17N3/c1-21-11-15-4-2-3-5-16(15)17(12-21)13-6-7-18-14(10-13)8-9-19-20-18/h2-10,17H,11-12H2,1H3. The number of hydrogen-bond donors (Lipinski definition) is 0. The average Bonchev–Trinajstić information content (AvgIpc) is 2.53. The van der Waals surface area contributed by atoms with Gasteiger partial charge in [0.15, 0.2) is 0 Å². The molecule has 0 N–H and O–H groups in total. The molecule has 0 saturated heterocycles. The van der Waals surface area contributed by atoms with E-state index in [0.29, 0.717) is 5.92 Å². The largest absolute Gasteiger partial charge is 0.301 e. The third kappa shape index (κ3) is 2.20. The Morgan fingerprint density at radius 1 is 1.10 bits per heavy atom. The first kappa shape index (κ1) is 12.5. The molecule has 0 bridgehead atoms. The summed E-state index contributed by atoms with van der Waals surface area (Å²) in [6.45, 7) is 2.09. The molecule has 1 unspecified atom stereocenters. The number of fused-ring (bicyclic) bond motifs is 2. The van der Waals surface area contributed by atoms with Crippen LogP contribution in [0, 0.1) is 0 Å². The second kappa shape index (κ2) is 4.93. The number of rotatable bonds is 1. The number of likely N-dealkylation sites (N-methyl/N-ethyl adjacent to an activating group) is 1. The highest BCUT2D eigenvalue weighted by Gasteiger charge is 2.24. The quantitative estimate of drug-likeness (QED) is 0.683. The molecule has 3 aromatic rings. The molecule has 1 aliphatic rings. The summed E-state index contributed by atoms with van der Waals surface area (Å²) < 4.78 is 0. The zero-order chi connectivity index (χ0) is 14.2. The average molecular weight is 275 g/mol. The van der Waals surface area contributed by atoms with Gasteiger partial charge in [0, 0.05) is 24.4 Å². The van der Waals surface area contributed by atoms with Crippen LogP contribution in [-0.4, -0.2) is 28.7 Å². The molecule has 2 heterocycles. The summed E-state index contributed by atoms with van der Waals surface area (Å²) in [5.74, 6) is 0.428. The van der Waals surface area contributed by atoms with Crippen LogP contribution < -0.4 is 0 Å². The van der Waals surface area contributed by atoms with Crippen molar-refractivity contribution in [2.45, 2.75) is 12.5 Å². The maximum absolute atomic E-state index is 4.17. The zero-order valence-corrected chi connectivity index (χ0v) is 12.0. The molecular weight excluding hydrogens is 258 g/mol. The van der Waals surface area contributed by atoms with E-state index in [1.165, 1.54) is 16.7 Å². The second-order valence-corrected chi connectivity index (χ2v) is 5.80. The maximum Gasteiger partial charge on any atom is 0.0929 e. The lowest BCUT2D eigenvalue weighted by Crippen LogP contribution is -2.30. The van der Waals surface area contributed by atoms with Crippen LogP contribution in [0.5, 0.6) is 0 Å². The van der Waals surface area contributed by atoms with Gasteiger partial charge in [0.05, 0.1) is 11.7 Å². The molecule has 1 atom stereocenters. The molecule has 0 spiro atoms. The van der Waals surface area contributed by atoms with Gasteiger partial charge in [0.2, 0.25) is 0 Å². The topological polar surface area (TPSA) is 29.0 Å². The van der Waals surface area contributed by atoms with Gasteiger partial charge in [0.25, 0.3) is 0 Å². The van der Waals surface area contributed by atoms with Crippen LogP contribution in [0.25, 0.3) is 10.9 Å². The van der Waals surface area contributed by atoms with E-state index in [2.05, 4.69) is 64.6 Å². The number of nitrogens with zero attached hydrogens (tertiary/aromatic N) is 3. The highest BCUT2D eigenvalue weighted by atomic mass is 15.1. The summed E-state index contributed by atoms with van der Waals surface area (Å²) in [6.07, 6.45) is 1.76. The lowest BCUT2D eigenvalue weighted by Gasteiger charge is -2.32. The Kier molecular flexibility index (Phi) is 2.93. The zero-order valence-electron chi connectivity index (χ0n) is 12.0. The normalized spacial score (nSPS) is 18.6. The molecule has 21 heavy (non-hydrogen) atoms. The summed E-state index contributed by atoms with van der Waals surface area (Å²) in [4.78, 5) is 2.39. The third-order valence-corrected chi connectivity index (χ3v) is 4.31. The van der Waals surface area contributed by atoms with Gasteiger partial charge in [-0.1, -0.05) is 30.3 Å². The first-order valence-corrected chi connectivity index (χ1v) is 7.29. The number of hydrogen-bond acceptors (Lipinski definition) is 3. The Bertz CT molecular complexity index is 797. The third-order valence-electron chi connectivity index (χ3n) is 4.31. The van der Waals surface area contributed by atoms with Crippen molar-refractivity contribution in [3.8, 4) is 0 Å². The van der Waals surface area contributed by atoms with E-state index in [4.69, 9.17) is 0 Å². The molecule has 3 heteroatoms. The Hall–Kier alpha value is -2.26. The van der Waals surface area contributed by atoms with Crippen LogP contribution in [0.4, 0.5) is 0 Å². The van der Waals surface area contributed by atoms with Crippen molar-refractivity contribution in [1.82, 2.24) is 15.1 Å². The molecule has 104 valence electrons. The predicted octanol–water partition coefficient (Wildman–Crippen LogP) is 3.21. The van der Waals surface area contributed by atoms with Crippen molar-refractivity contribution in [3.63, 3.8) is 0 Å². The van der Waals surface area contributed by atoms with Crippen LogP contribution in [0.1, 0.15) is 22.6 Å². The predicted molar refractivity (Wildman–Crippen MR) is 84.2 cm³/mol. The van der Waals surface area contributed by atoms with E-state index in [-0.39, 0.29) is 0 Å². The molecule has 0 aliphatic carbocycles. The molecule has 1 aromatic heterocycles. The van der Waals surface area contributed by atoms with E-state index < -0.39 is 0 Å². The Morgan fingerprint density at radius 3 is 2.95 bits per heavy atom. The highest BCUT2D eigenvalue weighted by molar-refractivity contribution is 5.78. The van der Waals surface area contributed by atoms with Gasteiger partial charge in [-0.25, -0.2) is 0 Å². The van der Waals surface area contributed by atoms with Crippen molar-refractivity contribution in [1.29, 1.82) is 0 Å². The molecule has 0 saturated carbocycles. The highest BCUT2D eigenvalue weighted by Crippen LogP contribution is 2.33. The van der Waals surface area contributed by atoms with Gasteiger partial charge < -0.3 is 4.90 Å². The van der Waals surface area contributed by atoms with Gasteiger partial charge in [-0.2, -0.15) is 10.2 Å². The lowest BCUT2D eigenvalue weighted by atomic mass is 9.84. The molecule has 0 fully saturated rings. The summed E-state index contributed by atoms with van der Waals surface area (Å²) in [7, 11) is 2.19. The monoisotopic (exact) mass is 275 g/mol. The minimum absolute atomic E-state index is 0.428. The first-order chi connectivity index (χ1) is 10.3. The van der Waals surface area contributed by atoms with Gasteiger partial charge in [0.1, 0.15) is 0 Å². The first-order valence-electron chi connectivity index (χ1n) is 7.29. The number of benzene rings is 2. The smallest absolute Gasteiger partial charge is 0.0929 e. The molecule has 1 aliphatic heterocycles. The molecule has 2 aromatic carbocycles. The van der Waals surface area contributed by atoms with Gasteiger partial charge >= 0.3 is 0 Å². The van der Waals surface area contributed by atoms with Gasteiger partial charge in [-0.3, -0.25) is 0 Å². The summed E-state index contributed by atoms with van der Waals surface area (Å²) in [6, 6.07) is 17.3. The van der Waals surface area contributed by atoms with Crippen LogP contribution in [-0.2, 0) is 6.54 Å². The Morgan fingerprint density at radius 2 is 2.00 bits per heavy atom. The van der Waals surface area contributed by atoms with Crippen LogP contribution >= 0.6 is 0 Å². The van der Waals surface area contributed by atoms with Crippen molar-refractivity contribution < 1.29 is 0 Å². The summed E-state index contributed by atoms with van der Waals surface area (Å²) in [5, 5.41) is 9.27. The van der Waals surface area contributed by atoms with Crippen molar-refractivity contribution in [2.75, 3.05) is 13.6 Å². The summed E-state index contributed by atoms with van der Waals surface area (Å²) in [5.41, 5.74) is 5.20. The molecule has 4 rings (SSSR count). The second-order valence-electron chi connectivity index (χ2n) is 5.80. The number of aromatic nitrogens is 2. The molecule has 3 nitrogen and oxygen atoms in total. The summed E-state index contributed by atoms with van der Waals surface area (Å²) >= 11 is 0. The SMILES string of the molecule is CN1Cc2ccccc2C(c2ccc3nnccc3c2)C1. The van der Waals surface area contributed by atoms with E-state index in [0.717, 1.165) is 24.0 Å². The Balaban J connectivity index is 1.84. The minimum atomic E-state index is 0.428. The van der Waals surface area contributed by atoms with Crippen LogP contribution in [0.3, 0.4) is 0 Å². The van der Waals surface area contributed by atoms with Gasteiger partial charge in [-0.15, -0.1) is 0 Å². The van der Waals surface area contributed by atoms with Crippen molar-refractivity contribution in [3.05, 3.63) is 71.4 Å². The van der Waals surface area contributed by atoms with E-state index in [9.17, 15) is 0 Å². The van der Waals surface area contributed by atoms with E-state index >= 15 is 0 Å².